The van der Waals surface area contributed by atoms with Gasteiger partial charge in [-0.05, 0) is 37.1 Å². The van der Waals surface area contributed by atoms with Gasteiger partial charge in [-0.3, -0.25) is 14.2 Å². The highest BCUT2D eigenvalue weighted by atomic mass is 19.4. The molecule has 3 aromatic rings. The molecule has 0 spiro atoms. The average Bonchev–Trinajstić information content (AvgIpc) is 3.23. The number of nitrogens with zero attached hydrogens (tertiary/aromatic N) is 3. The summed E-state index contributed by atoms with van der Waals surface area (Å²) < 4.78 is 53.7. The molecule has 0 bridgehead atoms. The topological polar surface area (TPSA) is 115 Å². The number of anilines is 2. The highest BCUT2D eigenvalue weighted by molar-refractivity contribution is 5.81. The van der Waals surface area contributed by atoms with Gasteiger partial charge in [0.2, 0.25) is 5.91 Å². The van der Waals surface area contributed by atoms with Crippen LogP contribution in [0.2, 0.25) is 0 Å². The van der Waals surface area contributed by atoms with Crippen LogP contribution in [-0.4, -0.2) is 20.4 Å². The molecule has 1 amide bonds. The van der Waals surface area contributed by atoms with Gasteiger partial charge in [0.25, 0.3) is 5.56 Å². The van der Waals surface area contributed by atoms with E-state index in [9.17, 15) is 27.2 Å². The third kappa shape index (κ3) is 5.10. The van der Waals surface area contributed by atoms with E-state index in [4.69, 9.17) is 5.73 Å². The molecule has 2 aromatic heterocycles. The highest BCUT2D eigenvalue weighted by Crippen LogP contribution is 2.30. The van der Waals surface area contributed by atoms with Gasteiger partial charge in [-0.2, -0.15) is 13.2 Å². The standard InChI is InChI=1S/C23H22F4N6O2/c1-12-13(3-6-19(28)32-12)9-31-21(34)18-5-7-20-30-11-17(22(35)33(18)20)29-10-14-2-4-15(8-16(14)24)23(25,26)27/h2-4,6,8,11,18,29H,5,7,9-10H2,1H3,(H2,28,32)(H,31,34)/t18-/m0/s1. The fraction of sp³-hybridized carbons (Fsp3) is 0.304. The summed E-state index contributed by atoms with van der Waals surface area (Å²) in [4.78, 5) is 34.3. The molecular formula is C23H22F4N6O2. The first-order valence-electron chi connectivity index (χ1n) is 10.7. The molecule has 0 fully saturated rings. The second kappa shape index (κ2) is 9.35. The molecule has 1 aliphatic heterocycles. The summed E-state index contributed by atoms with van der Waals surface area (Å²) in [6.07, 6.45) is -2.58. The Morgan fingerprint density at radius 2 is 1.94 bits per heavy atom. The van der Waals surface area contributed by atoms with Gasteiger partial charge in [0.15, 0.2) is 0 Å². The number of carbonyl (C=O) groups is 1. The van der Waals surface area contributed by atoms with E-state index < -0.39 is 29.2 Å². The zero-order chi connectivity index (χ0) is 25.3. The van der Waals surface area contributed by atoms with Crippen molar-refractivity contribution in [1.82, 2.24) is 19.9 Å². The van der Waals surface area contributed by atoms with Gasteiger partial charge in [0, 0.05) is 30.8 Å². The van der Waals surface area contributed by atoms with Gasteiger partial charge in [0.05, 0.1) is 11.8 Å². The zero-order valence-corrected chi connectivity index (χ0v) is 18.6. The molecule has 184 valence electrons. The van der Waals surface area contributed by atoms with Crippen LogP contribution in [0, 0.1) is 12.7 Å². The van der Waals surface area contributed by atoms with Gasteiger partial charge >= 0.3 is 6.18 Å². The Bertz CT molecular complexity index is 1340. The number of amides is 1. The highest BCUT2D eigenvalue weighted by Gasteiger charge is 2.32. The van der Waals surface area contributed by atoms with Crippen molar-refractivity contribution in [3.05, 3.63) is 80.9 Å². The lowest BCUT2D eigenvalue weighted by Crippen LogP contribution is -2.36. The Hall–Kier alpha value is -3.96. The van der Waals surface area contributed by atoms with Crippen LogP contribution in [0.1, 0.15) is 40.7 Å². The fourth-order valence-corrected chi connectivity index (χ4v) is 3.93. The van der Waals surface area contributed by atoms with Gasteiger partial charge < -0.3 is 16.4 Å². The van der Waals surface area contributed by atoms with Gasteiger partial charge in [-0.1, -0.05) is 12.1 Å². The molecule has 3 heterocycles. The smallest absolute Gasteiger partial charge is 0.384 e. The van der Waals surface area contributed by atoms with E-state index in [0.717, 1.165) is 17.7 Å². The van der Waals surface area contributed by atoms with Crippen molar-refractivity contribution in [2.45, 2.75) is 45.1 Å². The van der Waals surface area contributed by atoms with E-state index in [-0.39, 0.29) is 30.2 Å². The number of alkyl halides is 3. The number of rotatable bonds is 6. The van der Waals surface area contributed by atoms with Crippen molar-refractivity contribution in [3.8, 4) is 0 Å². The largest absolute Gasteiger partial charge is 0.416 e. The normalized spacial score (nSPS) is 15.1. The van der Waals surface area contributed by atoms with Crippen LogP contribution in [0.25, 0.3) is 0 Å². The lowest BCUT2D eigenvalue weighted by Gasteiger charge is -2.16. The minimum atomic E-state index is -4.66. The van der Waals surface area contributed by atoms with E-state index in [0.29, 0.717) is 36.2 Å². The average molecular weight is 490 g/mol. The Morgan fingerprint density at radius 1 is 1.20 bits per heavy atom. The molecule has 4 rings (SSSR count). The first-order valence-corrected chi connectivity index (χ1v) is 10.7. The predicted molar refractivity (Wildman–Crippen MR) is 120 cm³/mol. The minimum absolute atomic E-state index is 0.00586. The number of nitrogens with two attached hydrogens (primary N) is 1. The SMILES string of the molecule is Cc1nc(N)ccc1CNC(=O)[C@@H]1CCc2ncc(NCc3ccc(C(F)(F)F)cc3F)c(=O)n21. The Labute approximate surface area is 197 Å². The number of carbonyl (C=O) groups excluding carboxylic acids is 1. The van der Waals surface area contributed by atoms with Crippen molar-refractivity contribution in [3.63, 3.8) is 0 Å². The summed E-state index contributed by atoms with van der Waals surface area (Å²) in [5.74, 6) is -0.607. The first kappa shape index (κ1) is 24.2. The Balaban J connectivity index is 1.48. The molecule has 12 heteroatoms. The molecule has 1 atom stereocenters. The number of benzene rings is 1. The molecule has 0 aliphatic carbocycles. The summed E-state index contributed by atoms with van der Waals surface area (Å²) in [5, 5.41) is 5.52. The molecular weight excluding hydrogens is 468 g/mol. The van der Waals surface area contributed by atoms with E-state index in [1.54, 1.807) is 19.1 Å². The van der Waals surface area contributed by atoms with Crippen LogP contribution in [0.15, 0.2) is 41.3 Å². The number of nitrogens with one attached hydrogen (secondary N) is 2. The first-order chi connectivity index (χ1) is 16.5. The quantitative estimate of drug-likeness (QED) is 0.458. The predicted octanol–water partition coefficient (Wildman–Crippen LogP) is 3.10. The summed E-state index contributed by atoms with van der Waals surface area (Å²) in [7, 11) is 0. The van der Waals surface area contributed by atoms with Crippen LogP contribution in [0.3, 0.4) is 0 Å². The summed E-state index contributed by atoms with van der Waals surface area (Å²) in [6.45, 7) is 1.74. The molecule has 1 aromatic carbocycles. The molecule has 8 nitrogen and oxygen atoms in total. The van der Waals surface area contributed by atoms with Crippen molar-refractivity contribution >= 4 is 17.4 Å². The minimum Gasteiger partial charge on any atom is -0.384 e. The van der Waals surface area contributed by atoms with E-state index in [2.05, 4.69) is 20.6 Å². The molecule has 0 radical (unpaired) electrons. The maximum Gasteiger partial charge on any atom is 0.416 e. The van der Waals surface area contributed by atoms with Crippen LogP contribution in [0.4, 0.5) is 29.1 Å². The summed E-state index contributed by atoms with van der Waals surface area (Å²) in [5.41, 5.74) is 5.44. The van der Waals surface area contributed by atoms with Gasteiger partial charge in [-0.15, -0.1) is 0 Å². The van der Waals surface area contributed by atoms with Crippen molar-refractivity contribution in [2.75, 3.05) is 11.1 Å². The number of halogens is 4. The Kier molecular flexibility index (Phi) is 6.46. The van der Waals surface area contributed by atoms with E-state index in [1.807, 2.05) is 0 Å². The maximum atomic E-state index is 14.1. The number of hydrogen-bond acceptors (Lipinski definition) is 6. The van der Waals surface area contributed by atoms with Crippen molar-refractivity contribution in [1.29, 1.82) is 0 Å². The second-order valence-corrected chi connectivity index (χ2v) is 8.17. The molecule has 0 unspecified atom stereocenters. The lowest BCUT2D eigenvalue weighted by molar-refractivity contribution is -0.137. The van der Waals surface area contributed by atoms with E-state index >= 15 is 0 Å². The third-order valence-corrected chi connectivity index (χ3v) is 5.85. The molecule has 4 N–H and O–H groups in total. The summed E-state index contributed by atoms with van der Waals surface area (Å²) in [6, 6.07) is 4.79. The lowest BCUT2D eigenvalue weighted by atomic mass is 10.1. The monoisotopic (exact) mass is 490 g/mol. The molecule has 1 aliphatic rings. The maximum absolute atomic E-state index is 14.1. The molecule has 0 saturated carbocycles. The second-order valence-electron chi connectivity index (χ2n) is 8.17. The Morgan fingerprint density at radius 3 is 2.63 bits per heavy atom. The summed E-state index contributed by atoms with van der Waals surface area (Å²) >= 11 is 0. The fourth-order valence-electron chi connectivity index (χ4n) is 3.93. The van der Waals surface area contributed by atoms with Crippen molar-refractivity contribution in [2.24, 2.45) is 0 Å². The van der Waals surface area contributed by atoms with Crippen LogP contribution >= 0.6 is 0 Å². The van der Waals surface area contributed by atoms with Crippen LogP contribution in [-0.2, 0) is 30.5 Å². The van der Waals surface area contributed by atoms with E-state index in [1.165, 1.54) is 10.8 Å². The number of fused-ring (bicyclic) bond motifs is 1. The number of hydrogen-bond donors (Lipinski definition) is 3. The number of aromatic nitrogens is 3. The third-order valence-electron chi connectivity index (χ3n) is 5.85. The zero-order valence-electron chi connectivity index (χ0n) is 18.6. The molecule has 35 heavy (non-hydrogen) atoms. The van der Waals surface area contributed by atoms with Gasteiger partial charge in [-0.25, -0.2) is 14.4 Å². The number of nitrogen functional groups attached to an aromatic ring is 1. The number of pyridine rings is 1. The molecule has 0 saturated heterocycles. The van der Waals surface area contributed by atoms with Gasteiger partial charge in [0.1, 0.15) is 29.2 Å². The van der Waals surface area contributed by atoms with Crippen molar-refractivity contribution < 1.29 is 22.4 Å². The number of aryl methyl sites for hydroxylation is 2. The van der Waals surface area contributed by atoms with Crippen LogP contribution in [0.5, 0.6) is 0 Å². The van der Waals surface area contributed by atoms with Crippen LogP contribution < -0.4 is 21.9 Å².